The van der Waals surface area contributed by atoms with Crippen molar-refractivity contribution in [2.24, 2.45) is 13.0 Å². The van der Waals surface area contributed by atoms with Crippen LogP contribution in [0.5, 0.6) is 0 Å². The quantitative estimate of drug-likeness (QED) is 0.544. The summed E-state index contributed by atoms with van der Waals surface area (Å²) in [5, 5.41) is 12.9. The largest absolute Gasteiger partial charge is 0.337 e. The van der Waals surface area contributed by atoms with E-state index in [0.717, 1.165) is 29.2 Å². The molecule has 160 valence electrons. The SMILES string of the molecule is Cc1nc(SCC(=O)NC2(C#N)CCCC2)c2c(=O)n(C)c(=O)n(CC(C)C)c2n1. The molecular formula is C20H26N6O3S. The van der Waals surface area contributed by atoms with E-state index in [1.54, 1.807) is 6.92 Å². The Morgan fingerprint density at radius 3 is 2.57 bits per heavy atom. The van der Waals surface area contributed by atoms with Crippen molar-refractivity contribution in [2.45, 2.75) is 63.6 Å². The third kappa shape index (κ3) is 4.26. The van der Waals surface area contributed by atoms with Crippen LogP contribution in [-0.2, 0) is 18.4 Å². The van der Waals surface area contributed by atoms with E-state index in [2.05, 4.69) is 21.4 Å². The molecule has 30 heavy (non-hydrogen) atoms. The molecule has 0 saturated heterocycles. The molecule has 1 saturated carbocycles. The van der Waals surface area contributed by atoms with Crippen molar-refractivity contribution >= 4 is 28.7 Å². The van der Waals surface area contributed by atoms with Gasteiger partial charge >= 0.3 is 5.69 Å². The summed E-state index contributed by atoms with van der Waals surface area (Å²) < 4.78 is 2.54. The summed E-state index contributed by atoms with van der Waals surface area (Å²) in [4.78, 5) is 46.8. The van der Waals surface area contributed by atoms with Crippen LogP contribution < -0.4 is 16.6 Å². The molecule has 0 unspecified atom stereocenters. The minimum Gasteiger partial charge on any atom is -0.337 e. The monoisotopic (exact) mass is 430 g/mol. The van der Waals surface area contributed by atoms with E-state index in [9.17, 15) is 19.6 Å². The average molecular weight is 431 g/mol. The summed E-state index contributed by atoms with van der Waals surface area (Å²) in [7, 11) is 1.43. The predicted molar refractivity (Wildman–Crippen MR) is 114 cm³/mol. The van der Waals surface area contributed by atoms with Gasteiger partial charge in [0.1, 0.15) is 21.8 Å². The van der Waals surface area contributed by atoms with Crippen LogP contribution in [0.1, 0.15) is 45.4 Å². The van der Waals surface area contributed by atoms with Crippen molar-refractivity contribution in [1.82, 2.24) is 24.4 Å². The maximum Gasteiger partial charge on any atom is 0.332 e. The molecule has 2 heterocycles. The molecule has 1 aliphatic carbocycles. The molecule has 0 aromatic carbocycles. The molecule has 2 aromatic heterocycles. The van der Waals surface area contributed by atoms with Gasteiger partial charge in [-0.25, -0.2) is 14.8 Å². The number of hydrogen-bond acceptors (Lipinski definition) is 7. The number of fused-ring (bicyclic) bond motifs is 1. The van der Waals surface area contributed by atoms with Crippen LogP contribution in [0, 0.1) is 24.2 Å². The Labute approximate surface area is 178 Å². The highest BCUT2D eigenvalue weighted by Gasteiger charge is 2.35. The summed E-state index contributed by atoms with van der Waals surface area (Å²) in [6.07, 6.45) is 3.13. The number of amides is 1. The molecule has 1 fully saturated rings. The van der Waals surface area contributed by atoms with Gasteiger partial charge in [0.2, 0.25) is 5.91 Å². The third-order valence-electron chi connectivity index (χ3n) is 5.20. The average Bonchev–Trinajstić information content (AvgIpc) is 3.16. The highest BCUT2D eigenvalue weighted by molar-refractivity contribution is 8.00. The van der Waals surface area contributed by atoms with Crippen molar-refractivity contribution in [3.05, 3.63) is 26.7 Å². The van der Waals surface area contributed by atoms with Crippen molar-refractivity contribution in [3.63, 3.8) is 0 Å². The topological polar surface area (TPSA) is 123 Å². The number of nitrogens with zero attached hydrogens (tertiary/aromatic N) is 5. The molecular weight excluding hydrogens is 404 g/mol. The lowest BCUT2D eigenvalue weighted by molar-refractivity contribution is -0.119. The van der Waals surface area contributed by atoms with Gasteiger partial charge in [0.25, 0.3) is 5.56 Å². The molecule has 10 heteroatoms. The second kappa shape index (κ2) is 8.60. The zero-order valence-corrected chi connectivity index (χ0v) is 18.5. The van der Waals surface area contributed by atoms with Gasteiger partial charge in [-0.1, -0.05) is 25.6 Å². The smallest absolute Gasteiger partial charge is 0.332 e. The fourth-order valence-electron chi connectivity index (χ4n) is 3.76. The summed E-state index contributed by atoms with van der Waals surface area (Å²) in [5.41, 5.74) is -1.42. The molecule has 1 N–H and O–H groups in total. The Morgan fingerprint density at radius 2 is 1.97 bits per heavy atom. The molecule has 3 rings (SSSR count). The highest BCUT2D eigenvalue weighted by atomic mass is 32.2. The van der Waals surface area contributed by atoms with Crippen LogP contribution in [0.25, 0.3) is 11.0 Å². The van der Waals surface area contributed by atoms with Crippen molar-refractivity contribution in [3.8, 4) is 6.07 Å². The molecule has 0 radical (unpaired) electrons. The predicted octanol–water partition coefficient (Wildman–Crippen LogP) is 1.50. The van der Waals surface area contributed by atoms with E-state index in [1.807, 2.05) is 13.8 Å². The van der Waals surface area contributed by atoms with Crippen molar-refractivity contribution < 1.29 is 4.79 Å². The van der Waals surface area contributed by atoms with Gasteiger partial charge in [0.15, 0.2) is 5.65 Å². The fraction of sp³-hybridized carbons (Fsp3) is 0.600. The first-order chi connectivity index (χ1) is 14.2. The second-order valence-corrected chi connectivity index (χ2v) is 9.13. The number of aryl methyl sites for hydroxylation is 1. The number of thioether (sulfide) groups is 1. The molecule has 0 aliphatic heterocycles. The maximum absolute atomic E-state index is 12.9. The van der Waals surface area contributed by atoms with Crippen LogP contribution in [0.2, 0.25) is 0 Å². The first-order valence-corrected chi connectivity index (χ1v) is 11.0. The van der Waals surface area contributed by atoms with Gasteiger partial charge in [-0.3, -0.25) is 18.7 Å². The summed E-state index contributed by atoms with van der Waals surface area (Å²) >= 11 is 1.12. The summed E-state index contributed by atoms with van der Waals surface area (Å²) in [6, 6.07) is 2.24. The summed E-state index contributed by atoms with van der Waals surface area (Å²) in [6.45, 7) is 6.06. The van der Waals surface area contributed by atoms with E-state index >= 15 is 0 Å². The van der Waals surface area contributed by atoms with Crippen LogP contribution in [-0.4, -0.2) is 36.3 Å². The molecule has 0 atom stereocenters. The van der Waals surface area contributed by atoms with Crippen molar-refractivity contribution in [2.75, 3.05) is 5.75 Å². The Kier molecular flexibility index (Phi) is 6.31. The minimum atomic E-state index is -0.796. The number of carbonyl (C=O) groups excluding carboxylic acids is 1. The third-order valence-corrected chi connectivity index (χ3v) is 6.17. The minimum absolute atomic E-state index is 0.0153. The Morgan fingerprint density at radius 1 is 1.30 bits per heavy atom. The van der Waals surface area contributed by atoms with Crippen LogP contribution in [0.15, 0.2) is 14.6 Å². The van der Waals surface area contributed by atoms with Gasteiger partial charge < -0.3 is 5.32 Å². The molecule has 0 spiro atoms. The lowest BCUT2D eigenvalue weighted by Gasteiger charge is -2.21. The van der Waals surface area contributed by atoms with Crippen LogP contribution in [0.4, 0.5) is 0 Å². The zero-order chi connectivity index (χ0) is 22.1. The van der Waals surface area contributed by atoms with Crippen LogP contribution >= 0.6 is 11.8 Å². The highest BCUT2D eigenvalue weighted by Crippen LogP contribution is 2.29. The number of carbonyl (C=O) groups is 1. The van der Waals surface area contributed by atoms with Gasteiger partial charge in [-0.2, -0.15) is 5.26 Å². The second-order valence-electron chi connectivity index (χ2n) is 8.16. The summed E-state index contributed by atoms with van der Waals surface area (Å²) in [5.74, 6) is 0.329. The zero-order valence-electron chi connectivity index (χ0n) is 17.7. The molecule has 9 nitrogen and oxygen atoms in total. The number of aromatic nitrogens is 4. The maximum atomic E-state index is 12.9. The lowest BCUT2D eigenvalue weighted by Crippen LogP contribution is -2.45. The Hall–Kier alpha value is -2.67. The Balaban J connectivity index is 1.97. The molecule has 1 amide bonds. The lowest BCUT2D eigenvalue weighted by atomic mass is 10.0. The van der Waals surface area contributed by atoms with Gasteiger partial charge in [0, 0.05) is 13.6 Å². The first-order valence-electron chi connectivity index (χ1n) is 10.0. The van der Waals surface area contributed by atoms with Crippen LogP contribution in [0.3, 0.4) is 0 Å². The molecule has 1 aliphatic rings. The Bertz CT molecular complexity index is 1140. The van der Waals surface area contributed by atoms with E-state index in [4.69, 9.17) is 0 Å². The van der Waals surface area contributed by atoms with Gasteiger partial charge in [0.05, 0.1) is 11.8 Å². The molecule has 2 aromatic rings. The van der Waals surface area contributed by atoms with E-state index in [1.165, 1.54) is 11.6 Å². The molecule has 0 bridgehead atoms. The van der Waals surface area contributed by atoms with Gasteiger partial charge in [-0.15, -0.1) is 0 Å². The first kappa shape index (κ1) is 22.0. The number of rotatable bonds is 6. The fourth-order valence-corrected chi connectivity index (χ4v) is 4.62. The van der Waals surface area contributed by atoms with E-state index in [0.29, 0.717) is 30.2 Å². The number of hydrogen-bond donors (Lipinski definition) is 1. The normalized spacial score (nSPS) is 15.5. The van der Waals surface area contributed by atoms with Crippen molar-refractivity contribution in [1.29, 1.82) is 5.26 Å². The van der Waals surface area contributed by atoms with E-state index in [-0.39, 0.29) is 28.6 Å². The van der Waals surface area contributed by atoms with E-state index < -0.39 is 16.8 Å². The number of nitrogens with one attached hydrogen (secondary N) is 1. The standard InChI is InChI=1S/C20H26N6O3S/c1-12(2)9-26-16-15(18(28)25(4)19(26)29)17(23-13(3)22-16)30-10-14(27)24-20(11-21)7-5-6-8-20/h12H,5-10H2,1-4H3,(H,24,27). The number of nitriles is 1. The van der Waals surface area contributed by atoms with Gasteiger partial charge in [-0.05, 0) is 38.5 Å².